The van der Waals surface area contributed by atoms with E-state index in [4.69, 9.17) is 0 Å². The molecule has 2 heteroatoms. The number of hydrogen-bond donors (Lipinski definition) is 0. The molecule has 0 spiro atoms. The molecule has 0 unspecified atom stereocenters. The number of anilines is 3. The fraction of sp³-hybridized carbons (Fsp3) is 0.0492. The van der Waals surface area contributed by atoms with Gasteiger partial charge in [0.25, 0.3) is 0 Å². The maximum Gasteiger partial charge on any atom is 0.0540 e. The van der Waals surface area contributed by atoms with Crippen LogP contribution in [0.25, 0.3) is 86.6 Å². The Labute approximate surface area is 372 Å². The summed E-state index contributed by atoms with van der Waals surface area (Å²) in [5.41, 5.74) is 18.4. The number of thiophene rings is 1. The van der Waals surface area contributed by atoms with Crippen LogP contribution in [0.5, 0.6) is 0 Å². The highest BCUT2D eigenvalue weighted by Crippen LogP contribution is 2.52. The monoisotopic (exact) mass is 821 g/mol. The third kappa shape index (κ3) is 6.21. The molecular weight excluding hydrogens is 779 g/mol. The van der Waals surface area contributed by atoms with Crippen LogP contribution in [0.4, 0.5) is 17.1 Å². The average molecular weight is 822 g/mol. The molecule has 0 radical (unpaired) electrons. The van der Waals surface area contributed by atoms with Gasteiger partial charge < -0.3 is 4.90 Å². The third-order valence-corrected chi connectivity index (χ3v) is 14.5. The van der Waals surface area contributed by atoms with Gasteiger partial charge in [-0.1, -0.05) is 196 Å². The highest BCUT2D eigenvalue weighted by Gasteiger charge is 2.36. The van der Waals surface area contributed by atoms with Crippen molar-refractivity contribution in [3.05, 3.63) is 236 Å². The Morgan fingerprint density at radius 2 is 0.841 bits per heavy atom. The summed E-state index contributed by atoms with van der Waals surface area (Å²) in [7, 11) is 0. The van der Waals surface area contributed by atoms with Crippen molar-refractivity contribution in [3.8, 4) is 55.6 Å². The van der Waals surface area contributed by atoms with E-state index in [-0.39, 0.29) is 5.41 Å². The third-order valence-electron chi connectivity index (χ3n) is 13.3. The zero-order valence-electron chi connectivity index (χ0n) is 35.2. The number of rotatable bonds is 7. The lowest BCUT2D eigenvalue weighted by Gasteiger charge is -2.29. The van der Waals surface area contributed by atoms with Crippen molar-refractivity contribution in [2.75, 3.05) is 4.90 Å². The van der Waals surface area contributed by atoms with Crippen LogP contribution in [-0.4, -0.2) is 0 Å². The van der Waals surface area contributed by atoms with Crippen molar-refractivity contribution in [1.82, 2.24) is 0 Å². The average Bonchev–Trinajstić information content (AvgIpc) is 3.84. The molecule has 12 rings (SSSR count). The van der Waals surface area contributed by atoms with Crippen molar-refractivity contribution >= 4 is 59.3 Å². The second kappa shape index (κ2) is 14.8. The van der Waals surface area contributed by atoms with Gasteiger partial charge in [-0.3, -0.25) is 0 Å². The van der Waals surface area contributed by atoms with Crippen LogP contribution in [-0.2, 0) is 5.41 Å². The van der Waals surface area contributed by atoms with E-state index >= 15 is 0 Å². The summed E-state index contributed by atoms with van der Waals surface area (Å²) < 4.78 is 2.67. The van der Waals surface area contributed by atoms with E-state index in [9.17, 15) is 0 Å². The molecular formula is C61H43NS. The summed E-state index contributed by atoms with van der Waals surface area (Å²) in [4.78, 5) is 2.46. The maximum absolute atomic E-state index is 2.46. The molecule has 0 bridgehead atoms. The summed E-state index contributed by atoms with van der Waals surface area (Å²) in [6, 6.07) is 82.8. The van der Waals surface area contributed by atoms with E-state index in [1.807, 2.05) is 11.3 Å². The zero-order chi connectivity index (χ0) is 42.1. The first-order chi connectivity index (χ1) is 31.0. The van der Waals surface area contributed by atoms with Crippen molar-refractivity contribution in [2.24, 2.45) is 0 Å². The quantitative estimate of drug-likeness (QED) is 0.155. The summed E-state index contributed by atoms with van der Waals surface area (Å²) >= 11 is 1.88. The van der Waals surface area contributed by atoms with Crippen LogP contribution < -0.4 is 4.90 Å². The molecule has 0 fully saturated rings. The highest BCUT2D eigenvalue weighted by atomic mass is 32.1. The molecule has 1 aromatic heterocycles. The Morgan fingerprint density at radius 3 is 1.59 bits per heavy atom. The predicted octanol–water partition coefficient (Wildman–Crippen LogP) is 17.7. The van der Waals surface area contributed by atoms with Crippen LogP contribution in [0.1, 0.15) is 25.0 Å². The van der Waals surface area contributed by atoms with Gasteiger partial charge in [-0.2, -0.15) is 0 Å². The molecule has 0 amide bonds. The minimum atomic E-state index is -0.186. The van der Waals surface area contributed by atoms with Gasteiger partial charge in [0, 0.05) is 42.3 Å². The maximum atomic E-state index is 2.46. The molecule has 63 heavy (non-hydrogen) atoms. The minimum Gasteiger partial charge on any atom is -0.310 e. The van der Waals surface area contributed by atoms with Gasteiger partial charge in [-0.15, -0.1) is 11.3 Å². The second-order valence-corrected chi connectivity index (χ2v) is 18.3. The van der Waals surface area contributed by atoms with Gasteiger partial charge in [0.05, 0.1) is 5.69 Å². The van der Waals surface area contributed by atoms with Gasteiger partial charge in [0.2, 0.25) is 0 Å². The number of fused-ring (bicyclic) bond motifs is 7. The Bertz CT molecular complexity index is 3510. The summed E-state index contributed by atoms with van der Waals surface area (Å²) in [6.07, 6.45) is 0. The smallest absolute Gasteiger partial charge is 0.0540 e. The SMILES string of the molecule is CC1(C)c2cc(-c3ccccc3)ccc2-c2ccc(N(c3ccc(-c4ccc(-c5cccc6c5sc5ccccc56)cc4)cc3)c3ccc(-c4ccccc4)c4ccccc34)cc21. The van der Waals surface area contributed by atoms with Crippen LogP contribution >= 0.6 is 11.3 Å². The summed E-state index contributed by atoms with van der Waals surface area (Å²) in [5.74, 6) is 0. The lowest BCUT2D eigenvalue weighted by atomic mass is 9.81. The zero-order valence-corrected chi connectivity index (χ0v) is 36.0. The Kier molecular flexibility index (Phi) is 8.77. The fourth-order valence-electron chi connectivity index (χ4n) is 10.1. The van der Waals surface area contributed by atoms with E-state index in [2.05, 4.69) is 243 Å². The fourth-order valence-corrected chi connectivity index (χ4v) is 11.3. The summed E-state index contributed by atoms with van der Waals surface area (Å²) in [6.45, 7) is 4.77. The van der Waals surface area contributed by atoms with Crippen molar-refractivity contribution in [3.63, 3.8) is 0 Å². The van der Waals surface area contributed by atoms with E-state index in [1.54, 1.807) is 0 Å². The molecule has 0 aliphatic heterocycles. The largest absolute Gasteiger partial charge is 0.310 e. The van der Waals surface area contributed by atoms with Crippen molar-refractivity contribution in [2.45, 2.75) is 19.3 Å². The van der Waals surface area contributed by atoms with Crippen LogP contribution in [0.2, 0.25) is 0 Å². The Hall–Kier alpha value is -7.52. The first-order valence-electron chi connectivity index (χ1n) is 21.8. The number of nitrogens with zero attached hydrogens (tertiary/aromatic N) is 1. The van der Waals surface area contributed by atoms with Gasteiger partial charge >= 0.3 is 0 Å². The first-order valence-corrected chi connectivity index (χ1v) is 22.6. The first kappa shape index (κ1) is 37.3. The molecule has 11 aromatic rings. The molecule has 0 saturated heterocycles. The molecule has 0 saturated carbocycles. The van der Waals surface area contributed by atoms with E-state index in [0.29, 0.717) is 0 Å². The lowest BCUT2D eigenvalue weighted by Crippen LogP contribution is -2.17. The van der Waals surface area contributed by atoms with E-state index < -0.39 is 0 Å². The number of hydrogen-bond acceptors (Lipinski definition) is 2. The van der Waals surface area contributed by atoms with Crippen molar-refractivity contribution in [1.29, 1.82) is 0 Å². The lowest BCUT2D eigenvalue weighted by molar-refractivity contribution is 0.660. The number of benzene rings is 10. The molecule has 1 aliphatic rings. The molecule has 0 atom stereocenters. The minimum absolute atomic E-state index is 0.186. The predicted molar refractivity (Wildman–Crippen MR) is 271 cm³/mol. The topological polar surface area (TPSA) is 3.24 Å². The van der Waals surface area contributed by atoms with Crippen LogP contribution in [0.15, 0.2) is 224 Å². The van der Waals surface area contributed by atoms with Gasteiger partial charge in [-0.25, -0.2) is 0 Å². The van der Waals surface area contributed by atoms with Crippen LogP contribution in [0, 0.1) is 0 Å². The Balaban J connectivity index is 0.954. The normalized spacial score (nSPS) is 12.7. The van der Waals surface area contributed by atoms with Gasteiger partial charge in [0.1, 0.15) is 0 Å². The summed E-state index contributed by atoms with van der Waals surface area (Å²) in [5, 5.41) is 5.10. The standard InChI is InChI=1S/C61H43NS/c1-61(2)56-38-45(40-14-5-3-6-15-40)30-34-51(56)52-35-33-47(39-57(52)61)62(58-37-36-48(43-16-7-4-8-17-43)50-18-9-10-19-53(50)58)46-31-28-42(29-32-46)41-24-26-44(27-25-41)49-21-13-22-55-54-20-11-12-23-59(54)63-60(49)55/h3-39H,1-2H3. The van der Waals surface area contributed by atoms with E-state index in [1.165, 1.54) is 97.7 Å². The molecule has 1 aliphatic carbocycles. The highest BCUT2D eigenvalue weighted by molar-refractivity contribution is 7.26. The van der Waals surface area contributed by atoms with Gasteiger partial charge in [-0.05, 0) is 115 Å². The van der Waals surface area contributed by atoms with Gasteiger partial charge in [0.15, 0.2) is 0 Å². The van der Waals surface area contributed by atoms with E-state index in [0.717, 1.165) is 17.1 Å². The Morgan fingerprint density at radius 1 is 0.333 bits per heavy atom. The molecule has 1 nitrogen and oxygen atoms in total. The second-order valence-electron chi connectivity index (χ2n) is 17.3. The molecule has 10 aromatic carbocycles. The molecule has 0 N–H and O–H groups in total. The van der Waals surface area contributed by atoms with Crippen LogP contribution in [0.3, 0.4) is 0 Å². The molecule has 1 heterocycles. The molecule has 298 valence electrons. The van der Waals surface area contributed by atoms with Crippen molar-refractivity contribution < 1.29 is 0 Å².